The number of terminal acetylenes is 1. The van der Waals surface area contributed by atoms with Crippen LogP contribution < -0.4 is 11.1 Å². The molecule has 0 radical (unpaired) electrons. The molecule has 0 aromatic rings. The summed E-state index contributed by atoms with van der Waals surface area (Å²) in [5.74, 6) is 2.05. The van der Waals surface area contributed by atoms with Gasteiger partial charge >= 0.3 is 0 Å². The molecule has 0 saturated heterocycles. The zero-order valence-corrected chi connectivity index (χ0v) is 5.35. The molecule has 1 atom stereocenters. The van der Waals surface area contributed by atoms with Crippen LogP contribution in [-0.2, 0) is 4.79 Å². The van der Waals surface area contributed by atoms with Gasteiger partial charge in [-0.05, 0) is 6.92 Å². The number of hydrogen-bond acceptors (Lipinski definition) is 2. The molecule has 50 valence electrons. The highest BCUT2D eigenvalue weighted by Crippen LogP contribution is 1.71. The molecule has 0 bridgehead atoms. The summed E-state index contributed by atoms with van der Waals surface area (Å²) in [4.78, 5) is 10.6. The predicted octanol–water partition coefficient (Wildman–Crippen LogP) is -0.917. The second-order valence-electron chi connectivity index (χ2n) is 1.71. The van der Waals surface area contributed by atoms with E-state index >= 15 is 0 Å². The Hall–Kier alpha value is -1.01. The fourth-order valence-corrected chi connectivity index (χ4v) is 0.299. The molecule has 0 heterocycles. The molecule has 9 heavy (non-hydrogen) atoms. The van der Waals surface area contributed by atoms with Gasteiger partial charge in [0.05, 0.1) is 12.6 Å². The van der Waals surface area contributed by atoms with Gasteiger partial charge < -0.3 is 11.1 Å². The molecule has 3 heteroatoms. The SMILES string of the molecule is C#CCNC(=O)[C@H](C)N. The van der Waals surface area contributed by atoms with Crippen molar-refractivity contribution in [1.82, 2.24) is 5.32 Å². The van der Waals surface area contributed by atoms with Crippen LogP contribution in [0.15, 0.2) is 0 Å². The molecule has 0 aliphatic carbocycles. The largest absolute Gasteiger partial charge is 0.344 e. The minimum absolute atomic E-state index is 0.215. The number of carbonyl (C=O) groups excluding carboxylic acids is 1. The van der Waals surface area contributed by atoms with Gasteiger partial charge in [-0.2, -0.15) is 0 Å². The fourth-order valence-electron chi connectivity index (χ4n) is 0.299. The third kappa shape index (κ3) is 3.56. The Balaban J connectivity index is 3.42. The summed E-state index contributed by atoms with van der Waals surface area (Å²) < 4.78 is 0. The van der Waals surface area contributed by atoms with E-state index in [1.165, 1.54) is 0 Å². The summed E-state index contributed by atoms with van der Waals surface area (Å²) in [6.07, 6.45) is 4.87. The van der Waals surface area contributed by atoms with E-state index in [1.807, 2.05) is 0 Å². The highest BCUT2D eigenvalue weighted by molar-refractivity contribution is 5.81. The predicted molar refractivity (Wildman–Crippen MR) is 35.5 cm³/mol. The quantitative estimate of drug-likeness (QED) is 0.470. The minimum atomic E-state index is -0.474. The van der Waals surface area contributed by atoms with E-state index in [1.54, 1.807) is 6.92 Å². The number of amides is 1. The normalized spacial score (nSPS) is 11.7. The molecule has 0 aromatic carbocycles. The number of rotatable bonds is 2. The molecule has 0 aliphatic rings. The van der Waals surface area contributed by atoms with E-state index in [4.69, 9.17) is 12.2 Å². The first kappa shape index (κ1) is 7.99. The van der Waals surface area contributed by atoms with Crippen molar-refractivity contribution >= 4 is 5.91 Å². The summed E-state index contributed by atoms with van der Waals surface area (Å²) >= 11 is 0. The Labute approximate surface area is 54.6 Å². The molecule has 3 N–H and O–H groups in total. The van der Waals surface area contributed by atoms with Crippen molar-refractivity contribution in [3.63, 3.8) is 0 Å². The smallest absolute Gasteiger partial charge is 0.237 e. The second-order valence-corrected chi connectivity index (χ2v) is 1.71. The fraction of sp³-hybridized carbons (Fsp3) is 0.500. The maximum atomic E-state index is 10.6. The van der Waals surface area contributed by atoms with Gasteiger partial charge in [-0.15, -0.1) is 6.42 Å². The summed E-state index contributed by atoms with van der Waals surface area (Å²) in [5, 5.41) is 2.43. The topological polar surface area (TPSA) is 55.1 Å². The molecule has 3 nitrogen and oxygen atoms in total. The van der Waals surface area contributed by atoms with Crippen LogP contribution in [0.5, 0.6) is 0 Å². The summed E-state index contributed by atoms with van der Waals surface area (Å²) in [6, 6.07) is -0.474. The van der Waals surface area contributed by atoms with Crippen molar-refractivity contribution in [1.29, 1.82) is 0 Å². The third-order valence-corrected chi connectivity index (χ3v) is 0.778. The van der Waals surface area contributed by atoms with Crippen molar-refractivity contribution in [2.75, 3.05) is 6.54 Å². The standard InChI is InChI=1S/C6H10N2O/c1-3-4-8-6(9)5(2)7/h1,5H,4,7H2,2H3,(H,8,9)/t5-/m0/s1. The number of nitrogens with two attached hydrogens (primary N) is 1. The maximum Gasteiger partial charge on any atom is 0.237 e. The highest BCUT2D eigenvalue weighted by atomic mass is 16.2. The number of nitrogens with one attached hydrogen (secondary N) is 1. The lowest BCUT2D eigenvalue weighted by atomic mass is 10.3. The van der Waals surface area contributed by atoms with Crippen LogP contribution in [0.4, 0.5) is 0 Å². The Kier molecular flexibility index (Phi) is 3.49. The summed E-state index contributed by atoms with van der Waals surface area (Å²) in [5.41, 5.74) is 5.20. The van der Waals surface area contributed by atoms with E-state index in [9.17, 15) is 4.79 Å². The molecule has 0 rings (SSSR count). The summed E-state index contributed by atoms with van der Waals surface area (Å²) in [6.45, 7) is 1.85. The Morgan fingerprint density at radius 1 is 2.00 bits per heavy atom. The average Bonchev–Trinajstić information content (AvgIpc) is 1.82. The first-order valence-corrected chi connectivity index (χ1v) is 2.65. The minimum Gasteiger partial charge on any atom is -0.344 e. The first-order chi connectivity index (χ1) is 4.18. The molecular formula is C6H10N2O. The van der Waals surface area contributed by atoms with Crippen molar-refractivity contribution < 1.29 is 4.79 Å². The molecule has 1 amide bonds. The second kappa shape index (κ2) is 3.93. The lowest BCUT2D eigenvalue weighted by Gasteiger charge is -2.02. The lowest BCUT2D eigenvalue weighted by molar-refractivity contribution is -0.121. The van der Waals surface area contributed by atoms with Gasteiger partial charge in [-0.25, -0.2) is 0 Å². The highest BCUT2D eigenvalue weighted by Gasteiger charge is 2.03. The molecule has 0 aromatic heterocycles. The van der Waals surface area contributed by atoms with Crippen molar-refractivity contribution in [2.45, 2.75) is 13.0 Å². The van der Waals surface area contributed by atoms with Crippen LogP contribution >= 0.6 is 0 Å². The van der Waals surface area contributed by atoms with Gasteiger partial charge in [-0.3, -0.25) is 4.79 Å². The van der Waals surface area contributed by atoms with Crippen LogP contribution in [0.25, 0.3) is 0 Å². The van der Waals surface area contributed by atoms with Crippen LogP contribution in [0.1, 0.15) is 6.92 Å². The zero-order chi connectivity index (χ0) is 7.28. The number of hydrogen-bond donors (Lipinski definition) is 2. The van der Waals surface area contributed by atoms with E-state index < -0.39 is 6.04 Å². The maximum absolute atomic E-state index is 10.6. The van der Waals surface area contributed by atoms with E-state index in [-0.39, 0.29) is 12.5 Å². The average molecular weight is 126 g/mol. The summed E-state index contributed by atoms with van der Waals surface area (Å²) in [7, 11) is 0. The monoisotopic (exact) mass is 126 g/mol. The van der Waals surface area contributed by atoms with Crippen LogP contribution in [-0.4, -0.2) is 18.5 Å². The molecule has 0 fully saturated rings. The zero-order valence-electron chi connectivity index (χ0n) is 5.35. The van der Waals surface area contributed by atoms with Gasteiger partial charge in [0.25, 0.3) is 0 Å². The van der Waals surface area contributed by atoms with Crippen LogP contribution in [0.2, 0.25) is 0 Å². The van der Waals surface area contributed by atoms with E-state index in [0.717, 1.165) is 0 Å². The lowest BCUT2D eigenvalue weighted by Crippen LogP contribution is -2.38. The van der Waals surface area contributed by atoms with Crippen molar-refractivity contribution in [2.24, 2.45) is 5.73 Å². The van der Waals surface area contributed by atoms with Crippen LogP contribution in [0, 0.1) is 12.3 Å². The van der Waals surface area contributed by atoms with Crippen molar-refractivity contribution in [3.8, 4) is 12.3 Å². The molecular weight excluding hydrogens is 116 g/mol. The van der Waals surface area contributed by atoms with Gasteiger partial charge in [-0.1, -0.05) is 5.92 Å². The first-order valence-electron chi connectivity index (χ1n) is 2.65. The Bertz CT molecular complexity index is 134. The van der Waals surface area contributed by atoms with E-state index in [2.05, 4.69) is 11.2 Å². The van der Waals surface area contributed by atoms with Gasteiger partial charge in [0, 0.05) is 0 Å². The molecule has 0 unspecified atom stereocenters. The van der Waals surface area contributed by atoms with E-state index in [0.29, 0.717) is 0 Å². The molecule has 0 aliphatic heterocycles. The van der Waals surface area contributed by atoms with Crippen LogP contribution in [0.3, 0.4) is 0 Å². The third-order valence-electron chi connectivity index (χ3n) is 0.778. The number of carbonyl (C=O) groups is 1. The van der Waals surface area contributed by atoms with Gasteiger partial charge in [0.1, 0.15) is 0 Å². The molecule has 0 saturated carbocycles. The Morgan fingerprint density at radius 3 is 2.89 bits per heavy atom. The van der Waals surface area contributed by atoms with Crippen molar-refractivity contribution in [3.05, 3.63) is 0 Å². The molecule has 0 spiro atoms. The Morgan fingerprint density at radius 2 is 2.56 bits per heavy atom. The van der Waals surface area contributed by atoms with Gasteiger partial charge in [0.15, 0.2) is 0 Å². The van der Waals surface area contributed by atoms with Gasteiger partial charge in [0.2, 0.25) is 5.91 Å².